The Balaban J connectivity index is 1.43. The molecule has 1 aliphatic carbocycles. The Kier molecular flexibility index (Phi) is 4.35. The van der Waals surface area contributed by atoms with Crippen molar-refractivity contribution >= 4 is 22.7 Å². The summed E-state index contributed by atoms with van der Waals surface area (Å²) >= 11 is 0. The molecule has 2 N–H and O–H groups in total. The average molecular weight is 385 g/mol. The van der Waals surface area contributed by atoms with Crippen LogP contribution in [-0.2, 0) is 12.8 Å². The van der Waals surface area contributed by atoms with Gasteiger partial charge in [-0.15, -0.1) is 0 Å². The molecule has 5 rings (SSSR count). The third-order valence-corrected chi connectivity index (χ3v) is 5.61. The van der Waals surface area contributed by atoms with E-state index in [1.165, 1.54) is 35.0 Å². The van der Waals surface area contributed by atoms with Crippen molar-refractivity contribution in [2.45, 2.75) is 32.6 Å². The second-order valence-corrected chi connectivity index (χ2v) is 7.52. The number of rotatable bonds is 4. The van der Waals surface area contributed by atoms with Crippen molar-refractivity contribution in [1.82, 2.24) is 9.99 Å². The number of benzene rings is 2. The fourth-order valence-corrected chi connectivity index (χ4v) is 4.24. The molecule has 0 radical (unpaired) electrons. The van der Waals surface area contributed by atoms with Crippen molar-refractivity contribution in [2.75, 3.05) is 5.43 Å². The van der Waals surface area contributed by atoms with Crippen LogP contribution in [0.15, 0.2) is 65.1 Å². The Labute approximate surface area is 169 Å². The highest BCUT2D eigenvalue weighted by atomic mass is 16.4. The van der Waals surface area contributed by atoms with Crippen LogP contribution in [0.2, 0.25) is 0 Å². The molecule has 0 spiro atoms. The fraction of sp³-hybridized carbons (Fsp3) is 0.208. The number of para-hydroxylation sites is 1. The van der Waals surface area contributed by atoms with Crippen LogP contribution in [0.25, 0.3) is 16.6 Å². The standard InChI is InChI=1S/C24H23N3O2/c1-16-10-15-23(29-16)25-26-24(28)17-11-13-18(14-12-17)27-21-8-4-2-6-19(21)20-7-3-5-9-22(20)27/h2,4,6,8,10-15,25H,3,5,7,9H2,1H3,(H,26,28). The highest BCUT2D eigenvalue weighted by Crippen LogP contribution is 2.34. The molecule has 1 aliphatic rings. The van der Waals surface area contributed by atoms with Gasteiger partial charge in [0.25, 0.3) is 5.91 Å². The number of nitrogens with zero attached hydrogens (tertiary/aromatic N) is 1. The van der Waals surface area contributed by atoms with Crippen molar-refractivity contribution < 1.29 is 9.21 Å². The van der Waals surface area contributed by atoms with Crippen molar-refractivity contribution in [2.24, 2.45) is 0 Å². The van der Waals surface area contributed by atoms with E-state index in [1.54, 1.807) is 6.07 Å². The molecule has 0 saturated carbocycles. The van der Waals surface area contributed by atoms with Crippen molar-refractivity contribution in [3.63, 3.8) is 0 Å². The second kappa shape index (κ2) is 7.17. The van der Waals surface area contributed by atoms with Gasteiger partial charge in [0.1, 0.15) is 5.76 Å². The first-order chi connectivity index (χ1) is 14.2. The van der Waals surface area contributed by atoms with Gasteiger partial charge in [0, 0.05) is 28.4 Å². The lowest BCUT2D eigenvalue weighted by Gasteiger charge is -2.16. The maximum atomic E-state index is 12.4. The molecule has 29 heavy (non-hydrogen) atoms. The average Bonchev–Trinajstić information content (AvgIpc) is 3.33. The van der Waals surface area contributed by atoms with Crippen molar-refractivity contribution in [1.29, 1.82) is 0 Å². The van der Waals surface area contributed by atoms with Gasteiger partial charge in [-0.3, -0.25) is 15.6 Å². The van der Waals surface area contributed by atoms with Crippen LogP contribution in [0.3, 0.4) is 0 Å². The van der Waals surface area contributed by atoms with Gasteiger partial charge in [0.05, 0.1) is 5.52 Å². The molecule has 2 aromatic carbocycles. The minimum atomic E-state index is -0.204. The molecule has 0 unspecified atom stereocenters. The Morgan fingerprint density at radius 2 is 1.76 bits per heavy atom. The van der Waals surface area contributed by atoms with E-state index in [-0.39, 0.29) is 5.91 Å². The summed E-state index contributed by atoms with van der Waals surface area (Å²) in [5.41, 5.74) is 11.3. The molecule has 1 amide bonds. The van der Waals surface area contributed by atoms with Crippen LogP contribution in [-0.4, -0.2) is 10.5 Å². The van der Waals surface area contributed by atoms with Gasteiger partial charge in [-0.2, -0.15) is 0 Å². The maximum Gasteiger partial charge on any atom is 0.269 e. The smallest absolute Gasteiger partial charge is 0.269 e. The van der Waals surface area contributed by atoms with Crippen LogP contribution in [0.4, 0.5) is 5.88 Å². The first-order valence-electron chi connectivity index (χ1n) is 10.0. The lowest BCUT2D eigenvalue weighted by atomic mass is 9.95. The molecule has 0 atom stereocenters. The highest BCUT2D eigenvalue weighted by Gasteiger charge is 2.20. The Bertz CT molecular complexity index is 1180. The molecule has 0 saturated heterocycles. The number of hydrogen-bond acceptors (Lipinski definition) is 3. The van der Waals surface area contributed by atoms with Gasteiger partial charge in [0.15, 0.2) is 0 Å². The van der Waals surface area contributed by atoms with Crippen LogP contribution in [0.1, 0.15) is 40.2 Å². The second-order valence-electron chi connectivity index (χ2n) is 7.52. The van der Waals surface area contributed by atoms with E-state index >= 15 is 0 Å². The van der Waals surface area contributed by atoms with Crippen LogP contribution in [0.5, 0.6) is 0 Å². The number of carbonyl (C=O) groups excluding carboxylic acids is 1. The molecule has 5 heteroatoms. The minimum absolute atomic E-state index is 0.204. The number of aryl methyl sites for hydroxylation is 2. The number of furan rings is 1. The summed E-state index contributed by atoms with van der Waals surface area (Å²) in [6.07, 6.45) is 4.71. The van der Waals surface area contributed by atoms with Crippen molar-refractivity contribution in [3.8, 4) is 5.69 Å². The lowest BCUT2D eigenvalue weighted by Crippen LogP contribution is -2.29. The Morgan fingerprint density at radius 1 is 0.966 bits per heavy atom. The molecule has 5 nitrogen and oxygen atoms in total. The van der Waals surface area contributed by atoms with Crippen LogP contribution >= 0.6 is 0 Å². The summed E-state index contributed by atoms with van der Waals surface area (Å²) in [4.78, 5) is 12.4. The number of nitrogens with one attached hydrogen (secondary N) is 2. The normalized spacial score (nSPS) is 13.3. The number of carbonyl (C=O) groups is 1. The zero-order valence-corrected chi connectivity index (χ0v) is 16.4. The quantitative estimate of drug-likeness (QED) is 0.477. The Hall–Kier alpha value is -3.47. The number of aromatic nitrogens is 1. The van der Waals surface area contributed by atoms with Crippen LogP contribution in [0, 0.1) is 6.92 Å². The molecule has 4 aromatic rings. The molecule has 146 valence electrons. The molecule has 2 aromatic heterocycles. The molecule has 0 bridgehead atoms. The summed E-state index contributed by atoms with van der Waals surface area (Å²) < 4.78 is 7.76. The summed E-state index contributed by atoms with van der Waals surface area (Å²) in [5, 5.41) is 1.35. The predicted molar refractivity (Wildman–Crippen MR) is 114 cm³/mol. The van der Waals surface area contributed by atoms with Gasteiger partial charge in [-0.25, -0.2) is 0 Å². The molecular weight excluding hydrogens is 362 g/mol. The Morgan fingerprint density at radius 3 is 2.55 bits per heavy atom. The van der Waals surface area contributed by atoms with Gasteiger partial charge in [-0.1, -0.05) is 18.2 Å². The monoisotopic (exact) mass is 385 g/mol. The third-order valence-electron chi connectivity index (χ3n) is 5.61. The van der Waals surface area contributed by atoms with Crippen molar-refractivity contribution in [3.05, 3.63) is 83.2 Å². The largest absolute Gasteiger partial charge is 0.444 e. The molecular formula is C24H23N3O2. The lowest BCUT2D eigenvalue weighted by molar-refractivity contribution is 0.0961. The van der Waals surface area contributed by atoms with Gasteiger partial charge in [-0.05, 0) is 74.6 Å². The summed E-state index contributed by atoms with van der Waals surface area (Å²) in [6, 6.07) is 20.0. The molecule has 0 fully saturated rings. The third kappa shape index (κ3) is 3.18. The van der Waals surface area contributed by atoms with Gasteiger partial charge >= 0.3 is 0 Å². The summed E-state index contributed by atoms with van der Waals surface area (Å²) in [7, 11) is 0. The van der Waals surface area contributed by atoms with E-state index in [2.05, 4.69) is 39.7 Å². The topological polar surface area (TPSA) is 59.2 Å². The zero-order valence-electron chi connectivity index (χ0n) is 16.4. The summed E-state index contributed by atoms with van der Waals surface area (Å²) in [5.74, 6) is 1.09. The minimum Gasteiger partial charge on any atom is -0.444 e. The molecule has 0 aliphatic heterocycles. The number of hydrazine groups is 1. The van der Waals surface area contributed by atoms with E-state index in [4.69, 9.17) is 4.42 Å². The van der Waals surface area contributed by atoms with E-state index in [9.17, 15) is 4.79 Å². The first kappa shape index (κ1) is 17.6. The first-order valence-corrected chi connectivity index (χ1v) is 10.0. The SMILES string of the molecule is Cc1ccc(NNC(=O)c2ccc(-n3c4c(c5ccccc53)CCCC4)cc2)o1. The number of amides is 1. The van der Waals surface area contributed by atoms with Crippen LogP contribution < -0.4 is 10.9 Å². The fourth-order valence-electron chi connectivity index (χ4n) is 4.24. The number of fused-ring (bicyclic) bond motifs is 3. The highest BCUT2D eigenvalue weighted by molar-refractivity contribution is 5.95. The summed E-state index contributed by atoms with van der Waals surface area (Å²) in [6.45, 7) is 1.86. The molecule has 2 heterocycles. The van der Waals surface area contributed by atoms with E-state index in [1.807, 2.05) is 37.3 Å². The maximum absolute atomic E-state index is 12.4. The van der Waals surface area contributed by atoms with Gasteiger partial charge < -0.3 is 8.98 Å². The predicted octanol–water partition coefficient (Wildman–Crippen LogP) is 5.17. The number of hydrogen-bond donors (Lipinski definition) is 2. The van der Waals surface area contributed by atoms with Gasteiger partial charge in [0.2, 0.25) is 5.88 Å². The zero-order chi connectivity index (χ0) is 19.8. The van der Waals surface area contributed by atoms with E-state index in [0.29, 0.717) is 11.4 Å². The van der Waals surface area contributed by atoms with E-state index < -0.39 is 0 Å². The number of anilines is 1. The van der Waals surface area contributed by atoms with E-state index in [0.717, 1.165) is 24.3 Å².